The molecule has 9 nitrogen and oxygen atoms in total. The number of likely N-dealkylation sites (N-methyl/N-ethyl adjacent to an activating group) is 1. The predicted molar refractivity (Wildman–Crippen MR) is 135 cm³/mol. The van der Waals surface area contributed by atoms with Crippen LogP contribution in [0, 0.1) is 0 Å². The van der Waals surface area contributed by atoms with Gasteiger partial charge in [0.05, 0.1) is 6.10 Å². The van der Waals surface area contributed by atoms with Crippen LogP contribution in [0.2, 0.25) is 5.02 Å². The second kappa shape index (κ2) is 12.9. The van der Waals surface area contributed by atoms with Crippen LogP contribution in [0.3, 0.4) is 0 Å². The second-order valence-corrected chi connectivity index (χ2v) is 8.67. The molecule has 1 heterocycles. The Hall–Kier alpha value is -3.43. The van der Waals surface area contributed by atoms with Crippen LogP contribution in [0.4, 0.5) is 10.5 Å². The number of hydrogen-bond donors (Lipinski definition) is 2. The third kappa shape index (κ3) is 8.38. The summed E-state index contributed by atoms with van der Waals surface area (Å²) in [7, 11) is 1.69. The number of carbonyl (C=O) groups excluding carboxylic acids is 2. The molecule has 0 aliphatic carbocycles. The van der Waals surface area contributed by atoms with Crippen molar-refractivity contribution in [3.63, 3.8) is 0 Å². The number of ether oxygens (including phenoxy) is 1. The lowest BCUT2D eigenvalue weighted by Gasteiger charge is -2.17. The summed E-state index contributed by atoms with van der Waals surface area (Å²) in [5.74, 6) is 0.690. The minimum Gasteiger partial charge on any atom is -0.379 e. The van der Waals surface area contributed by atoms with Gasteiger partial charge in [0.2, 0.25) is 0 Å². The van der Waals surface area contributed by atoms with Gasteiger partial charge in [-0.25, -0.2) is 4.79 Å². The smallest absolute Gasteiger partial charge is 0.321 e. The van der Waals surface area contributed by atoms with Crippen LogP contribution >= 0.6 is 11.6 Å². The quantitative estimate of drug-likeness (QED) is 0.372. The Morgan fingerprint density at radius 3 is 2.51 bits per heavy atom. The SMILES string of the molecule is CC(C)OCCCNC(=O)c1ccc(-c2nc(CCN(C)C(=O)Nc3ccc(Cl)cc3)no2)cc1. The van der Waals surface area contributed by atoms with E-state index in [0.29, 0.717) is 59.7 Å². The minimum atomic E-state index is -0.252. The Labute approximate surface area is 209 Å². The van der Waals surface area contributed by atoms with Gasteiger partial charge in [-0.05, 0) is 68.8 Å². The molecular weight excluding hydrogens is 470 g/mol. The first-order valence-electron chi connectivity index (χ1n) is 11.4. The van der Waals surface area contributed by atoms with Crippen LogP contribution in [-0.2, 0) is 11.2 Å². The number of benzene rings is 2. The molecule has 35 heavy (non-hydrogen) atoms. The van der Waals surface area contributed by atoms with E-state index in [4.69, 9.17) is 20.9 Å². The average molecular weight is 500 g/mol. The van der Waals surface area contributed by atoms with Gasteiger partial charge in [-0.3, -0.25) is 4.79 Å². The van der Waals surface area contributed by atoms with Crippen molar-refractivity contribution in [3.05, 3.63) is 64.9 Å². The molecule has 0 fully saturated rings. The summed E-state index contributed by atoms with van der Waals surface area (Å²) < 4.78 is 10.8. The summed E-state index contributed by atoms with van der Waals surface area (Å²) in [4.78, 5) is 30.6. The lowest BCUT2D eigenvalue weighted by atomic mass is 10.1. The first-order chi connectivity index (χ1) is 16.8. The van der Waals surface area contributed by atoms with Crippen LogP contribution in [0.5, 0.6) is 0 Å². The van der Waals surface area contributed by atoms with E-state index in [-0.39, 0.29) is 18.0 Å². The minimum absolute atomic E-state index is 0.146. The maximum absolute atomic E-state index is 12.3. The van der Waals surface area contributed by atoms with Crippen molar-refractivity contribution in [2.45, 2.75) is 32.8 Å². The summed E-state index contributed by atoms with van der Waals surface area (Å²) in [6, 6.07) is 13.6. The van der Waals surface area contributed by atoms with Gasteiger partial charge < -0.3 is 24.8 Å². The van der Waals surface area contributed by atoms with Gasteiger partial charge in [0.25, 0.3) is 11.8 Å². The summed E-state index contributed by atoms with van der Waals surface area (Å²) in [6.45, 7) is 5.52. The van der Waals surface area contributed by atoms with E-state index in [1.165, 1.54) is 4.90 Å². The van der Waals surface area contributed by atoms with Crippen molar-refractivity contribution >= 4 is 29.2 Å². The fourth-order valence-corrected chi connectivity index (χ4v) is 3.18. The predicted octanol–water partition coefficient (Wildman–Crippen LogP) is 4.64. The zero-order chi connectivity index (χ0) is 25.2. The molecule has 186 valence electrons. The molecule has 2 aromatic carbocycles. The van der Waals surface area contributed by atoms with Gasteiger partial charge >= 0.3 is 6.03 Å². The highest BCUT2D eigenvalue weighted by Crippen LogP contribution is 2.18. The normalized spacial score (nSPS) is 10.9. The van der Waals surface area contributed by atoms with Crippen molar-refractivity contribution in [1.29, 1.82) is 0 Å². The largest absolute Gasteiger partial charge is 0.379 e. The van der Waals surface area contributed by atoms with Crippen LogP contribution in [0.1, 0.15) is 36.5 Å². The molecule has 0 saturated carbocycles. The zero-order valence-electron chi connectivity index (χ0n) is 20.1. The van der Waals surface area contributed by atoms with Crippen molar-refractivity contribution in [2.75, 3.05) is 32.1 Å². The van der Waals surface area contributed by atoms with E-state index >= 15 is 0 Å². The molecule has 0 bridgehead atoms. The molecule has 3 rings (SSSR count). The van der Waals surface area contributed by atoms with Crippen LogP contribution < -0.4 is 10.6 Å². The number of carbonyl (C=O) groups is 2. The fraction of sp³-hybridized carbons (Fsp3) is 0.360. The molecule has 3 aromatic rings. The lowest BCUT2D eigenvalue weighted by molar-refractivity contribution is 0.0757. The number of amides is 3. The van der Waals surface area contributed by atoms with Crippen LogP contribution in [0.25, 0.3) is 11.5 Å². The molecule has 0 aliphatic heterocycles. The zero-order valence-corrected chi connectivity index (χ0v) is 20.8. The van der Waals surface area contributed by atoms with Gasteiger partial charge in [-0.2, -0.15) is 4.98 Å². The van der Waals surface area contributed by atoms with Crippen molar-refractivity contribution in [1.82, 2.24) is 20.4 Å². The van der Waals surface area contributed by atoms with E-state index in [9.17, 15) is 9.59 Å². The summed E-state index contributed by atoms with van der Waals surface area (Å²) in [5.41, 5.74) is 1.91. The molecule has 0 spiro atoms. The third-order valence-corrected chi connectivity index (χ3v) is 5.28. The summed E-state index contributed by atoms with van der Waals surface area (Å²) in [6.07, 6.45) is 1.36. The number of nitrogens with zero attached hydrogens (tertiary/aromatic N) is 3. The van der Waals surface area contributed by atoms with Gasteiger partial charge in [0.15, 0.2) is 5.82 Å². The number of urea groups is 1. The maximum atomic E-state index is 12.3. The second-order valence-electron chi connectivity index (χ2n) is 8.23. The maximum Gasteiger partial charge on any atom is 0.321 e. The van der Waals surface area contributed by atoms with Crippen LogP contribution in [-0.4, -0.2) is 59.8 Å². The first kappa shape index (κ1) is 26.2. The number of halogens is 1. The van der Waals surface area contributed by atoms with E-state index in [1.54, 1.807) is 55.6 Å². The highest BCUT2D eigenvalue weighted by Gasteiger charge is 2.14. The topological polar surface area (TPSA) is 110 Å². The standard InChI is InChI=1S/C25H30ClN5O4/c1-17(2)34-16-4-14-27-23(32)18-5-7-19(8-6-18)24-29-22(30-35-24)13-15-31(3)25(33)28-21-11-9-20(26)10-12-21/h5-12,17H,4,13-16H2,1-3H3,(H,27,32)(H,28,33). The van der Waals surface area contributed by atoms with E-state index in [1.807, 2.05) is 13.8 Å². The molecule has 10 heteroatoms. The summed E-state index contributed by atoms with van der Waals surface area (Å²) >= 11 is 5.86. The monoisotopic (exact) mass is 499 g/mol. The number of hydrogen-bond acceptors (Lipinski definition) is 6. The Bertz CT molecular complexity index is 1100. The average Bonchev–Trinajstić information content (AvgIpc) is 3.32. The molecule has 2 N–H and O–H groups in total. The molecule has 1 aromatic heterocycles. The molecule has 0 atom stereocenters. The first-order valence-corrected chi connectivity index (χ1v) is 11.8. The molecule has 0 radical (unpaired) electrons. The van der Waals surface area contributed by atoms with Gasteiger partial charge in [0, 0.05) is 55.0 Å². The van der Waals surface area contributed by atoms with E-state index in [0.717, 1.165) is 6.42 Å². The van der Waals surface area contributed by atoms with Crippen molar-refractivity contribution < 1.29 is 18.8 Å². The summed E-state index contributed by atoms with van der Waals surface area (Å²) in [5, 5.41) is 10.3. The van der Waals surface area contributed by atoms with E-state index < -0.39 is 0 Å². The third-order valence-electron chi connectivity index (χ3n) is 5.03. The highest BCUT2D eigenvalue weighted by molar-refractivity contribution is 6.30. The number of rotatable bonds is 11. The van der Waals surface area contributed by atoms with Crippen molar-refractivity contribution in [3.8, 4) is 11.5 Å². The van der Waals surface area contributed by atoms with Crippen molar-refractivity contribution in [2.24, 2.45) is 0 Å². The van der Waals surface area contributed by atoms with E-state index in [2.05, 4.69) is 20.8 Å². The molecule has 3 amide bonds. The Morgan fingerprint density at radius 2 is 1.83 bits per heavy atom. The van der Waals surface area contributed by atoms with Gasteiger partial charge in [-0.15, -0.1) is 0 Å². The Balaban J connectivity index is 1.46. The number of nitrogens with one attached hydrogen (secondary N) is 2. The molecular formula is C25H30ClN5O4. The molecule has 0 saturated heterocycles. The molecule has 0 aliphatic rings. The number of anilines is 1. The molecule has 0 unspecified atom stereocenters. The van der Waals surface area contributed by atoms with Crippen LogP contribution in [0.15, 0.2) is 53.1 Å². The Kier molecular flexibility index (Phi) is 9.63. The Morgan fingerprint density at radius 1 is 1.11 bits per heavy atom. The van der Waals surface area contributed by atoms with Gasteiger partial charge in [0.1, 0.15) is 0 Å². The highest BCUT2D eigenvalue weighted by atomic mass is 35.5. The van der Waals surface area contributed by atoms with Gasteiger partial charge in [-0.1, -0.05) is 16.8 Å². The fourth-order valence-electron chi connectivity index (χ4n) is 3.05. The number of aromatic nitrogens is 2. The lowest BCUT2D eigenvalue weighted by Crippen LogP contribution is -2.33.